The van der Waals surface area contributed by atoms with Crippen LogP contribution in [0.4, 0.5) is 5.69 Å². The van der Waals surface area contributed by atoms with Crippen LogP contribution >= 0.6 is 11.3 Å². The summed E-state index contributed by atoms with van der Waals surface area (Å²) in [5.74, 6) is 2.08. The Morgan fingerprint density at radius 1 is 0.974 bits per heavy atom. The van der Waals surface area contributed by atoms with E-state index in [1.807, 2.05) is 79.7 Å². The number of hydrogen-bond acceptors (Lipinski definition) is 8. The molecule has 2 N–H and O–H groups in total. The molecule has 1 fully saturated rings. The normalized spacial score (nSPS) is 15.3. The molecule has 1 aromatic heterocycles. The molecule has 198 valence electrons. The summed E-state index contributed by atoms with van der Waals surface area (Å²) in [4.78, 5) is 21.5. The first kappa shape index (κ1) is 26.1. The van der Waals surface area contributed by atoms with E-state index in [0.717, 1.165) is 52.9 Å². The average molecular weight is 533 g/mol. The first-order valence-corrected chi connectivity index (χ1v) is 13.6. The predicted molar refractivity (Wildman–Crippen MR) is 150 cm³/mol. The van der Waals surface area contributed by atoms with Crippen molar-refractivity contribution in [2.75, 3.05) is 51.2 Å². The highest BCUT2D eigenvalue weighted by Crippen LogP contribution is 2.26. The minimum absolute atomic E-state index is 0.0592. The Balaban J connectivity index is 1.02. The number of β-amino-alcohol motifs (C(OH)–C–C–N with tert-alkyl or cyclic N) is 1. The van der Waals surface area contributed by atoms with Gasteiger partial charge < -0.3 is 19.9 Å². The second-order valence-corrected chi connectivity index (χ2v) is 10.6. The number of carbonyl (C=O) groups is 1. The van der Waals surface area contributed by atoms with Crippen LogP contribution in [0.5, 0.6) is 17.2 Å². The standard InChI is InChI=1S/C29H32N4O4S/c1-21-30-27-17-25(10-11-28(27)38-21)36-20-23(34)18-32-12-14-33(15-13-32)19-29(35)31-22-6-5-9-26(16-22)37-24-7-3-2-4-8-24/h2-11,16-17,23,34H,12-15,18-20H2,1H3,(H,31,35)/t23-/m0/s1. The molecule has 0 radical (unpaired) electrons. The number of ether oxygens (including phenoxy) is 2. The van der Waals surface area contributed by atoms with Crippen molar-refractivity contribution in [2.24, 2.45) is 0 Å². The first-order valence-electron chi connectivity index (χ1n) is 12.8. The molecule has 1 atom stereocenters. The summed E-state index contributed by atoms with van der Waals surface area (Å²) in [6.07, 6.45) is -0.594. The van der Waals surface area contributed by atoms with Gasteiger partial charge in [-0.25, -0.2) is 4.98 Å². The van der Waals surface area contributed by atoms with Crippen molar-refractivity contribution < 1.29 is 19.4 Å². The molecule has 3 aromatic carbocycles. The number of rotatable bonds is 10. The lowest BCUT2D eigenvalue weighted by molar-refractivity contribution is -0.117. The van der Waals surface area contributed by atoms with E-state index in [2.05, 4.69) is 20.1 Å². The number of para-hydroxylation sites is 1. The highest BCUT2D eigenvalue weighted by Gasteiger charge is 2.21. The van der Waals surface area contributed by atoms with Gasteiger partial charge in [0, 0.05) is 50.5 Å². The molecule has 0 aliphatic carbocycles. The van der Waals surface area contributed by atoms with Crippen LogP contribution in [0.15, 0.2) is 72.8 Å². The molecule has 4 aromatic rings. The average Bonchev–Trinajstić information content (AvgIpc) is 3.28. The van der Waals surface area contributed by atoms with Gasteiger partial charge in [0.1, 0.15) is 30.0 Å². The van der Waals surface area contributed by atoms with Gasteiger partial charge in [-0.2, -0.15) is 0 Å². The van der Waals surface area contributed by atoms with E-state index in [4.69, 9.17) is 9.47 Å². The summed E-state index contributed by atoms with van der Waals surface area (Å²) in [5, 5.41) is 14.5. The zero-order valence-corrected chi connectivity index (χ0v) is 22.2. The number of carbonyl (C=O) groups excluding carboxylic acids is 1. The Hall–Kier alpha value is -3.50. The Labute approximate surface area is 226 Å². The van der Waals surface area contributed by atoms with Crippen LogP contribution in [0, 0.1) is 6.92 Å². The molecule has 2 heterocycles. The lowest BCUT2D eigenvalue weighted by atomic mass is 10.2. The van der Waals surface area contributed by atoms with E-state index in [0.29, 0.717) is 24.5 Å². The molecule has 1 aliphatic heterocycles. The van der Waals surface area contributed by atoms with Crippen LogP contribution < -0.4 is 14.8 Å². The van der Waals surface area contributed by atoms with Crippen LogP contribution in [0.3, 0.4) is 0 Å². The number of amides is 1. The van der Waals surface area contributed by atoms with Gasteiger partial charge in [0.2, 0.25) is 5.91 Å². The fraction of sp³-hybridized carbons (Fsp3) is 0.310. The summed E-state index contributed by atoms with van der Waals surface area (Å²) >= 11 is 1.66. The summed E-state index contributed by atoms with van der Waals surface area (Å²) < 4.78 is 12.8. The Kier molecular flexibility index (Phi) is 8.50. The number of nitrogens with zero attached hydrogens (tertiary/aromatic N) is 3. The van der Waals surface area contributed by atoms with Gasteiger partial charge in [-0.1, -0.05) is 24.3 Å². The number of hydrogen-bond donors (Lipinski definition) is 2. The van der Waals surface area contributed by atoms with Gasteiger partial charge >= 0.3 is 0 Å². The van der Waals surface area contributed by atoms with Crippen LogP contribution in [0.25, 0.3) is 10.2 Å². The lowest BCUT2D eigenvalue weighted by Gasteiger charge is -2.35. The molecule has 0 saturated carbocycles. The van der Waals surface area contributed by atoms with Crippen molar-refractivity contribution in [3.63, 3.8) is 0 Å². The molecular weight excluding hydrogens is 500 g/mol. The van der Waals surface area contributed by atoms with E-state index in [9.17, 15) is 9.90 Å². The smallest absolute Gasteiger partial charge is 0.238 e. The van der Waals surface area contributed by atoms with Gasteiger partial charge in [0.15, 0.2) is 0 Å². The predicted octanol–water partition coefficient (Wildman–Crippen LogP) is 4.39. The number of thiazole rings is 1. The Morgan fingerprint density at radius 2 is 1.74 bits per heavy atom. The molecular formula is C29H32N4O4S. The van der Waals surface area contributed by atoms with Crippen molar-refractivity contribution in [1.29, 1.82) is 0 Å². The third kappa shape index (κ3) is 7.29. The van der Waals surface area contributed by atoms with Crippen molar-refractivity contribution in [3.8, 4) is 17.2 Å². The lowest BCUT2D eigenvalue weighted by Crippen LogP contribution is -2.50. The second kappa shape index (κ2) is 12.4. The fourth-order valence-corrected chi connectivity index (χ4v) is 5.26. The quantitative estimate of drug-likeness (QED) is 0.313. The van der Waals surface area contributed by atoms with Gasteiger partial charge in [-0.05, 0) is 43.3 Å². The number of nitrogens with one attached hydrogen (secondary N) is 1. The maximum Gasteiger partial charge on any atom is 0.238 e. The fourth-order valence-electron chi connectivity index (χ4n) is 4.45. The van der Waals surface area contributed by atoms with Crippen molar-refractivity contribution in [1.82, 2.24) is 14.8 Å². The van der Waals surface area contributed by atoms with Crippen LogP contribution in [0.1, 0.15) is 5.01 Å². The van der Waals surface area contributed by atoms with Crippen LogP contribution in [0.2, 0.25) is 0 Å². The zero-order valence-electron chi connectivity index (χ0n) is 21.4. The number of aliphatic hydroxyl groups excluding tert-OH is 1. The minimum atomic E-state index is -0.594. The largest absolute Gasteiger partial charge is 0.491 e. The van der Waals surface area contributed by atoms with E-state index >= 15 is 0 Å². The number of piperazine rings is 1. The van der Waals surface area contributed by atoms with Gasteiger partial charge in [-0.15, -0.1) is 11.3 Å². The highest BCUT2D eigenvalue weighted by molar-refractivity contribution is 7.18. The van der Waals surface area contributed by atoms with Gasteiger partial charge in [0.25, 0.3) is 0 Å². The Bertz CT molecular complexity index is 1360. The van der Waals surface area contributed by atoms with E-state index < -0.39 is 6.10 Å². The molecule has 9 heteroatoms. The Morgan fingerprint density at radius 3 is 2.55 bits per heavy atom. The van der Waals surface area contributed by atoms with Crippen molar-refractivity contribution >= 4 is 33.1 Å². The molecule has 0 bridgehead atoms. The third-order valence-corrected chi connectivity index (χ3v) is 7.26. The number of benzene rings is 3. The number of aliphatic hydroxyl groups is 1. The molecule has 8 nitrogen and oxygen atoms in total. The molecule has 1 amide bonds. The maximum absolute atomic E-state index is 12.6. The molecule has 0 spiro atoms. The van der Waals surface area contributed by atoms with Crippen LogP contribution in [-0.4, -0.2) is 77.8 Å². The van der Waals surface area contributed by atoms with Gasteiger partial charge in [-0.3, -0.25) is 14.6 Å². The van der Waals surface area contributed by atoms with Crippen molar-refractivity contribution in [3.05, 3.63) is 77.8 Å². The van der Waals surface area contributed by atoms with E-state index in [-0.39, 0.29) is 12.5 Å². The van der Waals surface area contributed by atoms with Crippen molar-refractivity contribution in [2.45, 2.75) is 13.0 Å². The molecule has 38 heavy (non-hydrogen) atoms. The minimum Gasteiger partial charge on any atom is -0.491 e. The molecule has 1 aliphatic rings. The number of aryl methyl sites for hydroxylation is 1. The van der Waals surface area contributed by atoms with E-state index in [1.54, 1.807) is 11.3 Å². The summed E-state index contributed by atoms with van der Waals surface area (Å²) in [7, 11) is 0. The van der Waals surface area contributed by atoms with Gasteiger partial charge in [0.05, 0.1) is 21.8 Å². The monoisotopic (exact) mass is 532 g/mol. The summed E-state index contributed by atoms with van der Waals surface area (Å²) in [6.45, 7) is 6.17. The number of anilines is 1. The molecule has 1 saturated heterocycles. The maximum atomic E-state index is 12.6. The third-order valence-electron chi connectivity index (χ3n) is 6.31. The zero-order chi connectivity index (χ0) is 26.3. The van der Waals surface area contributed by atoms with E-state index in [1.165, 1.54) is 0 Å². The SMILES string of the molecule is Cc1nc2cc(OC[C@@H](O)CN3CCN(CC(=O)Nc4cccc(Oc5ccccc5)c4)CC3)ccc2s1. The van der Waals surface area contributed by atoms with Crippen LogP contribution in [-0.2, 0) is 4.79 Å². The number of fused-ring (bicyclic) bond motifs is 1. The first-order chi connectivity index (χ1) is 18.5. The number of aromatic nitrogens is 1. The summed E-state index contributed by atoms with van der Waals surface area (Å²) in [5.41, 5.74) is 1.63. The molecule has 0 unspecified atom stereocenters. The summed E-state index contributed by atoms with van der Waals surface area (Å²) in [6, 6.07) is 22.8. The highest BCUT2D eigenvalue weighted by atomic mass is 32.1. The molecule has 5 rings (SSSR count). The second-order valence-electron chi connectivity index (χ2n) is 9.40. The topological polar surface area (TPSA) is 87.2 Å².